The average Bonchev–Trinajstić information content (AvgIpc) is 2.25. The van der Waals surface area contributed by atoms with Gasteiger partial charge in [0.25, 0.3) is 5.91 Å². The molecule has 2 N–H and O–H groups in total. The molecule has 0 radical (unpaired) electrons. The van der Waals surface area contributed by atoms with Crippen molar-refractivity contribution in [3.05, 3.63) is 29.8 Å². The van der Waals surface area contributed by atoms with E-state index in [4.69, 9.17) is 4.74 Å². The largest absolute Gasteiger partial charge is 0.497 e. The molecule has 1 aliphatic rings. The molecule has 2 rings (SSSR count). The highest BCUT2D eigenvalue weighted by atomic mass is 16.5. The van der Waals surface area contributed by atoms with Gasteiger partial charge in [-0.05, 0) is 17.7 Å². The Bertz CT molecular complexity index is 347. The minimum absolute atomic E-state index is 0.270. The van der Waals surface area contributed by atoms with Crippen LogP contribution in [0.5, 0.6) is 5.75 Å². The molecular weight excluding hydrogens is 182 g/mol. The highest BCUT2D eigenvalue weighted by Gasteiger charge is 2.38. The maximum atomic E-state index is 10.8. The van der Waals surface area contributed by atoms with E-state index in [-0.39, 0.29) is 11.9 Å². The van der Waals surface area contributed by atoms with Crippen molar-refractivity contribution in [3.8, 4) is 5.75 Å². The lowest BCUT2D eigenvalue weighted by Crippen LogP contribution is -2.55. The third-order valence-corrected chi connectivity index (χ3v) is 2.36. The third-order valence-electron chi connectivity index (χ3n) is 2.36. The van der Waals surface area contributed by atoms with E-state index >= 15 is 0 Å². The second kappa shape index (κ2) is 3.31. The Morgan fingerprint density at radius 3 is 2.43 bits per heavy atom. The van der Waals surface area contributed by atoms with Crippen LogP contribution in [0.3, 0.4) is 0 Å². The standard InChI is InChI=1S/C10H11NO3/c1-14-7-4-2-6(3-5-7)8-9(12)10(13)11-8/h2-5,8-9,12H,1H3,(H,11,13)/t8-,9+/m0/s1. The van der Waals surface area contributed by atoms with Gasteiger partial charge in [0, 0.05) is 0 Å². The SMILES string of the molecule is COc1ccc([C@@H]2NC(=O)[C@@H]2O)cc1. The molecule has 4 heteroatoms. The molecule has 1 saturated heterocycles. The number of benzene rings is 1. The van der Waals surface area contributed by atoms with Crippen molar-refractivity contribution >= 4 is 5.91 Å². The molecule has 1 aromatic rings. The number of rotatable bonds is 2. The summed E-state index contributed by atoms with van der Waals surface area (Å²) >= 11 is 0. The van der Waals surface area contributed by atoms with E-state index in [1.54, 1.807) is 19.2 Å². The number of hydrogen-bond acceptors (Lipinski definition) is 3. The molecule has 0 spiro atoms. The van der Waals surface area contributed by atoms with E-state index in [1.165, 1.54) is 0 Å². The quantitative estimate of drug-likeness (QED) is 0.661. The van der Waals surface area contributed by atoms with Crippen LogP contribution in [0.15, 0.2) is 24.3 Å². The fourth-order valence-corrected chi connectivity index (χ4v) is 1.45. The number of hydrogen-bond donors (Lipinski definition) is 2. The molecule has 14 heavy (non-hydrogen) atoms. The number of carbonyl (C=O) groups is 1. The predicted molar refractivity (Wildman–Crippen MR) is 49.9 cm³/mol. The smallest absolute Gasteiger partial charge is 0.251 e. The van der Waals surface area contributed by atoms with Crippen LogP contribution < -0.4 is 10.1 Å². The second-order valence-electron chi connectivity index (χ2n) is 3.20. The second-order valence-corrected chi connectivity index (χ2v) is 3.20. The molecular formula is C10H11NO3. The van der Waals surface area contributed by atoms with Crippen LogP contribution in [0.2, 0.25) is 0 Å². The molecule has 1 aromatic carbocycles. The summed E-state index contributed by atoms with van der Waals surface area (Å²) in [5.41, 5.74) is 0.887. The minimum atomic E-state index is -0.914. The molecule has 1 heterocycles. The number of methoxy groups -OCH3 is 1. The Hall–Kier alpha value is -1.55. The molecule has 0 bridgehead atoms. The molecule has 74 valence electrons. The van der Waals surface area contributed by atoms with Crippen molar-refractivity contribution in [2.75, 3.05) is 7.11 Å². The van der Waals surface area contributed by atoms with E-state index in [1.807, 2.05) is 12.1 Å². The predicted octanol–water partition coefficient (Wildman–Crippen LogP) is 0.227. The number of carbonyl (C=O) groups excluding carboxylic acids is 1. The van der Waals surface area contributed by atoms with Gasteiger partial charge in [0.1, 0.15) is 5.75 Å². The molecule has 0 unspecified atom stereocenters. The van der Waals surface area contributed by atoms with Gasteiger partial charge in [-0.15, -0.1) is 0 Å². The van der Waals surface area contributed by atoms with E-state index < -0.39 is 6.10 Å². The van der Waals surface area contributed by atoms with E-state index in [9.17, 15) is 9.90 Å². The Morgan fingerprint density at radius 2 is 2.00 bits per heavy atom. The Kier molecular flexibility index (Phi) is 2.13. The Balaban J connectivity index is 2.14. The van der Waals surface area contributed by atoms with Gasteiger partial charge >= 0.3 is 0 Å². The van der Waals surface area contributed by atoms with Gasteiger partial charge in [-0.25, -0.2) is 0 Å². The van der Waals surface area contributed by atoms with Crippen molar-refractivity contribution < 1.29 is 14.6 Å². The highest BCUT2D eigenvalue weighted by molar-refractivity contribution is 5.88. The summed E-state index contributed by atoms with van der Waals surface area (Å²) in [7, 11) is 1.59. The average molecular weight is 193 g/mol. The molecule has 0 aliphatic carbocycles. The molecule has 0 aromatic heterocycles. The van der Waals surface area contributed by atoms with Crippen LogP contribution in [-0.4, -0.2) is 24.2 Å². The zero-order chi connectivity index (χ0) is 10.1. The molecule has 0 saturated carbocycles. The van der Waals surface area contributed by atoms with Crippen LogP contribution >= 0.6 is 0 Å². The lowest BCUT2D eigenvalue weighted by Gasteiger charge is -2.33. The first-order valence-corrected chi connectivity index (χ1v) is 4.35. The summed E-state index contributed by atoms with van der Waals surface area (Å²) in [5, 5.41) is 11.9. The normalized spacial score (nSPS) is 25.1. The van der Waals surface area contributed by atoms with Gasteiger partial charge in [0.2, 0.25) is 0 Å². The summed E-state index contributed by atoms with van der Waals surface area (Å²) in [4.78, 5) is 10.8. The zero-order valence-corrected chi connectivity index (χ0v) is 7.73. The van der Waals surface area contributed by atoms with Crippen molar-refractivity contribution in [1.29, 1.82) is 0 Å². The number of ether oxygens (including phenoxy) is 1. The summed E-state index contributed by atoms with van der Waals surface area (Å²) in [6.45, 7) is 0. The lowest BCUT2D eigenvalue weighted by atomic mass is 9.94. The van der Waals surface area contributed by atoms with Gasteiger partial charge in [0.15, 0.2) is 6.10 Å². The first-order chi connectivity index (χ1) is 6.72. The topological polar surface area (TPSA) is 58.6 Å². The first-order valence-electron chi connectivity index (χ1n) is 4.35. The Labute approximate surface area is 81.5 Å². The number of amides is 1. The van der Waals surface area contributed by atoms with Crippen LogP contribution in [0.4, 0.5) is 0 Å². The molecule has 1 fully saturated rings. The zero-order valence-electron chi connectivity index (χ0n) is 7.73. The minimum Gasteiger partial charge on any atom is -0.497 e. The van der Waals surface area contributed by atoms with Crippen LogP contribution in [0.1, 0.15) is 11.6 Å². The molecule has 4 nitrogen and oxygen atoms in total. The maximum Gasteiger partial charge on any atom is 0.251 e. The summed E-state index contributed by atoms with van der Waals surface area (Å²) in [5.74, 6) is 0.444. The van der Waals surface area contributed by atoms with Gasteiger partial charge in [-0.3, -0.25) is 4.79 Å². The van der Waals surface area contributed by atoms with E-state index in [2.05, 4.69) is 5.32 Å². The summed E-state index contributed by atoms with van der Waals surface area (Å²) in [6, 6.07) is 6.98. The van der Waals surface area contributed by atoms with Gasteiger partial charge in [-0.2, -0.15) is 0 Å². The van der Waals surface area contributed by atoms with Crippen molar-refractivity contribution in [1.82, 2.24) is 5.32 Å². The highest BCUT2D eigenvalue weighted by Crippen LogP contribution is 2.25. The number of aliphatic hydroxyl groups excluding tert-OH is 1. The van der Waals surface area contributed by atoms with Crippen LogP contribution in [0.25, 0.3) is 0 Å². The Morgan fingerprint density at radius 1 is 1.36 bits per heavy atom. The summed E-state index contributed by atoms with van der Waals surface area (Å²) in [6.07, 6.45) is -0.914. The van der Waals surface area contributed by atoms with Gasteiger partial charge < -0.3 is 15.2 Å². The monoisotopic (exact) mass is 193 g/mol. The lowest BCUT2D eigenvalue weighted by molar-refractivity contribution is -0.142. The van der Waals surface area contributed by atoms with Crippen molar-refractivity contribution in [2.24, 2.45) is 0 Å². The summed E-state index contributed by atoms with van der Waals surface area (Å²) < 4.78 is 5.00. The van der Waals surface area contributed by atoms with E-state index in [0.29, 0.717) is 0 Å². The van der Waals surface area contributed by atoms with Crippen LogP contribution in [0, 0.1) is 0 Å². The fraction of sp³-hybridized carbons (Fsp3) is 0.300. The van der Waals surface area contributed by atoms with Gasteiger partial charge in [-0.1, -0.05) is 12.1 Å². The van der Waals surface area contributed by atoms with E-state index in [0.717, 1.165) is 11.3 Å². The number of β-lactam (4-membered cyclic amide) rings is 1. The van der Waals surface area contributed by atoms with Crippen LogP contribution in [-0.2, 0) is 4.79 Å². The number of nitrogens with one attached hydrogen (secondary N) is 1. The maximum absolute atomic E-state index is 10.8. The molecule has 2 atom stereocenters. The molecule has 1 amide bonds. The first kappa shape index (κ1) is 9.02. The van der Waals surface area contributed by atoms with Gasteiger partial charge in [0.05, 0.1) is 13.2 Å². The molecule has 1 aliphatic heterocycles. The fourth-order valence-electron chi connectivity index (χ4n) is 1.45. The third kappa shape index (κ3) is 1.33. The van der Waals surface area contributed by atoms with Crippen molar-refractivity contribution in [3.63, 3.8) is 0 Å². The van der Waals surface area contributed by atoms with Crippen molar-refractivity contribution in [2.45, 2.75) is 12.1 Å². The number of aliphatic hydroxyl groups is 1.